The molecule has 1 heterocycles. The summed E-state index contributed by atoms with van der Waals surface area (Å²) in [5.41, 5.74) is 0.754. The van der Waals surface area contributed by atoms with Crippen LogP contribution in [0, 0.1) is 5.82 Å². The molecule has 1 aliphatic rings. The normalized spacial score (nSPS) is 26.6. The Kier molecular flexibility index (Phi) is 3.24. The first-order valence-electron chi connectivity index (χ1n) is 5.05. The number of piperidine rings is 1. The zero-order chi connectivity index (χ0) is 10.8. The lowest BCUT2D eigenvalue weighted by molar-refractivity contribution is 0.0964. The van der Waals surface area contributed by atoms with Gasteiger partial charge in [-0.2, -0.15) is 0 Å². The van der Waals surface area contributed by atoms with Gasteiger partial charge in [0.2, 0.25) is 0 Å². The van der Waals surface area contributed by atoms with Crippen LogP contribution in [0.3, 0.4) is 0 Å². The molecule has 1 fully saturated rings. The topological polar surface area (TPSA) is 32.3 Å². The summed E-state index contributed by atoms with van der Waals surface area (Å²) in [6, 6.07) is 4.48. The third kappa shape index (κ3) is 2.30. The van der Waals surface area contributed by atoms with Gasteiger partial charge in [-0.05, 0) is 37.1 Å². The summed E-state index contributed by atoms with van der Waals surface area (Å²) < 4.78 is 13.2. The first-order chi connectivity index (χ1) is 7.18. The Balaban J connectivity index is 2.24. The Bertz CT molecular complexity index is 358. The third-order valence-corrected chi connectivity index (χ3v) is 3.03. The van der Waals surface area contributed by atoms with Crippen LogP contribution in [0.5, 0.6) is 0 Å². The molecule has 2 atom stereocenters. The number of benzene rings is 1. The van der Waals surface area contributed by atoms with Gasteiger partial charge in [-0.3, -0.25) is 0 Å². The molecule has 1 aromatic rings. The van der Waals surface area contributed by atoms with Crippen LogP contribution in [0.25, 0.3) is 0 Å². The fourth-order valence-corrected chi connectivity index (χ4v) is 2.03. The molecule has 1 saturated heterocycles. The van der Waals surface area contributed by atoms with Crippen LogP contribution in [0.4, 0.5) is 4.39 Å². The lowest BCUT2D eigenvalue weighted by atomic mass is 9.95. The Morgan fingerprint density at radius 3 is 2.93 bits per heavy atom. The number of aliphatic hydroxyl groups is 1. The van der Waals surface area contributed by atoms with Crippen molar-refractivity contribution in [2.24, 2.45) is 0 Å². The van der Waals surface area contributed by atoms with Crippen LogP contribution in [-0.4, -0.2) is 17.8 Å². The first kappa shape index (κ1) is 10.9. The van der Waals surface area contributed by atoms with E-state index in [0.717, 1.165) is 24.9 Å². The van der Waals surface area contributed by atoms with Crippen LogP contribution in [-0.2, 0) is 0 Å². The van der Waals surface area contributed by atoms with Gasteiger partial charge < -0.3 is 10.4 Å². The smallest absolute Gasteiger partial charge is 0.142 e. The maximum absolute atomic E-state index is 13.2. The van der Waals surface area contributed by atoms with Gasteiger partial charge >= 0.3 is 0 Å². The van der Waals surface area contributed by atoms with Crippen molar-refractivity contribution in [1.29, 1.82) is 0 Å². The second kappa shape index (κ2) is 4.47. The molecule has 1 aromatic carbocycles. The molecule has 2 rings (SSSR count). The molecule has 82 valence electrons. The van der Waals surface area contributed by atoms with Gasteiger partial charge in [0.1, 0.15) is 5.82 Å². The van der Waals surface area contributed by atoms with Gasteiger partial charge in [0.25, 0.3) is 0 Å². The molecule has 15 heavy (non-hydrogen) atoms. The highest BCUT2D eigenvalue weighted by molar-refractivity contribution is 6.30. The zero-order valence-corrected chi connectivity index (χ0v) is 8.97. The molecule has 0 radical (unpaired) electrons. The molecule has 0 saturated carbocycles. The van der Waals surface area contributed by atoms with Crippen LogP contribution in [0.1, 0.15) is 24.4 Å². The molecule has 0 amide bonds. The van der Waals surface area contributed by atoms with E-state index >= 15 is 0 Å². The van der Waals surface area contributed by atoms with Gasteiger partial charge in [-0.1, -0.05) is 17.7 Å². The monoisotopic (exact) mass is 229 g/mol. The molecule has 2 N–H and O–H groups in total. The van der Waals surface area contributed by atoms with E-state index in [2.05, 4.69) is 5.32 Å². The molecular formula is C11H13ClFNO. The van der Waals surface area contributed by atoms with Crippen LogP contribution in [0.2, 0.25) is 5.02 Å². The second-order valence-corrected chi connectivity index (χ2v) is 4.22. The highest BCUT2D eigenvalue weighted by Crippen LogP contribution is 2.26. The molecule has 0 spiro atoms. The highest BCUT2D eigenvalue weighted by Gasteiger charge is 2.24. The summed E-state index contributed by atoms with van der Waals surface area (Å²) in [5.74, 6) is -0.436. The van der Waals surface area contributed by atoms with Crippen molar-refractivity contribution in [3.05, 3.63) is 34.6 Å². The minimum absolute atomic E-state index is 0.115. The summed E-state index contributed by atoms with van der Waals surface area (Å²) in [6.07, 6.45) is 1.26. The Labute approximate surface area is 93.1 Å². The van der Waals surface area contributed by atoms with Gasteiger partial charge in [0.15, 0.2) is 0 Å². The van der Waals surface area contributed by atoms with E-state index < -0.39 is 11.9 Å². The standard InChI is InChI=1S/C11H13ClFNO/c12-8-4-3-7(6-9(8)13)11-10(15)2-1-5-14-11/h3-4,6,10-11,14-15H,1-2,5H2. The van der Waals surface area contributed by atoms with Gasteiger partial charge in [-0.15, -0.1) is 0 Å². The van der Waals surface area contributed by atoms with Gasteiger partial charge in [0, 0.05) is 0 Å². The van der Waals surface area contributed by atoms with E-state index in [1.165, 1.54) is 12.1 Å². The van der Waals surface area contributed by atoms with Crippen LogP contribution < -0.4 is 5.32 Å². The van der Waals surface area contributed by atoms with Crippen molar-refractivity contribution in [2.75, 3.05) is 6.54 Å². The second-order valence-electron chi connectivity index (χ2n) is 3.81. The van der Waals surface area contributed by atoms with E-state index in [0.29, 0.717) is 0 Å². The van der Waals surface area contributed by atoms with Gasteiger partial charge in [-0.25, -0.2) is 4.39 Å². The number of rotatable bonds is 1. The summed E-state index contributed by atoms with van der Waals surface area (Å²) in [7, 11) is 0. The molecule has 0 aromatic heterocycles. The summed E-state index contributed by atoms with van der Waals surface area (Å²) in [4.78, 5) is 0. The molecular weight excluding hydrogens is 217 g/mol. The van der Waals surface area contributed by atoms with Crippen molar-refractivity contribution in [3.8, 4) is 0 Å². The van der Waals surface area contributed by atoms with Gasteiger partial charge in [0.05, 0.1) is 17.2 Å². The van der Waals surface area contributed by atoms with Crippen LogP contribution in [0.15, 0.2) is 18.2 Å². The number of hydrogen-bond acceptors (Lipinski definition) is 2. The Morgan fingerprint density at radius 1 is 1.47 bits per heavy atom. The fourth-order valence-electron chi connectivity index (χ4n) is 1.92. The summed E-state index contributed by atoms with van der Waals surface area (Å²) >= 11 is 5.60. The minimum atomic E-state index is -0.445. The van der Waals surface area contributed by atoms with E-state index in [-0.39, 0.29) is 11.1 Å². The van der Waals surface area contributed by atoms with Crippen molar-refractivity contribution in [2.45, 2.75) is 25.0 Å². The average molecular weight is 230 g/mol. The predicted octanol–water partition coefficient (Wildman–Crippen LogP) is 2.26. The SMILES string of the molecule is OC1CCCNC1c1ccc(Cl)c(F)c1. The van der Waals surface area contributed by atoms with Crippen molar-refractivity contribution in [3.63, 3.8) is 0 Å². The first-order valence-corrected chi connectivity index (χ1v) is 5.42. The lowest BCUT2D eigenvalue weighted by Gasteiger charge is -2.29. The number of hydrogen-bond donors (Lipinski definition) is 2. The molecule has 1 aliphatic heterocycles. The minimum Gasteiger partial charge on any atom is -0.391 e. The molecule has 2 unspecified atom stereocenters. The Morgan fingerprint density at radius 2 is 2.27 bits per heavy atom. The predicted molar refractivity (Wildman–Crippen MR) is 57.4 cm³/mol. The number of halogens is 2. The van der Waals surface area contributed by atoms with Crippen molar-refractivity contribution < 1.29 is 9.50 Å². The highest BCUT2D eigenvalue weighted by atomic mass is 35.5. The van der Waals surface area contributed by atoms with E-state index in [1.54, 1.807) is 6.07 Å². The molecule has 0 bridgehead atoms. The average Bonchev–Trinajstić information content (AvgIpc) is 2.23. The van der Waals surface area contributed by atoms with E-state index in [9.17, 15) is 9.50 Å². The van der Waals surface area contributed by atoms with Crippen molar-refractivity contribution >= 4 is 11.6 Å². The van der Waals surface area contributed by atoms with Crippen LogP contribution >= 0.6 is 11.6 Å². The lowest BCUT2D eigenvalue weighted by Crippen LogP contribution is -2.37. The fraction of sp³-hybridized carbons (Fsp3) is 0.455. The Hall–Kier alpha value is -0.640. The molecule has 2 nitrogen and oxygen atoms in total. The zero-order valence-electron chi connectivity index (χ0n) is 8.21. The number of nitrogens with one attached hydrogen (secondary N) is 1. The van der Waals surface area contributed by atoms with E-state index in [4.69, 9.17) is 11.6 Å². The quantitative estimate of drug-likeness (QED) is 0.774. The third-order valence-electron chi connectivity index (χ3n) is 2.73. The molecule has 0 aliphatic carbocycles. The van der Waals surface area contributed by atoms with Crippen molar-refractivity contribution in [1.82, 2.24) is 5.32 Å². The number of aliphatic hydroxyl groups excluding tert-OH is 1. The van der Waals surface area contributed by atoms with E-state index in [1.807, 2.05) is 0 Å². The summed E-state index contributed by atoms with van der Waals surface area (Å²) in [6.45, 7) is 0.853. The molecule has 4 heteroatoms. The maximum Gasteiger partial charge on any atom is 0.142 e. The summed E-state index contributed by atoms with van der Waals surface area (Å²) in [5, 5.41) is 13.1. The maximum atomic E-state index is 13.2. The largest absolute Gasteiger partial charge is 0.391 e.